The number of amides is 3. The molecule has 0 spiro atoms. The molecule has 1 aliphatic rings. The van der Waals surface area contributed by atoms with Gasteiger partial charge in [0.15, 0.2) is 0 Å². The highest BCUT2D eigenvalue weighted by Crippen LogP contribution is 2.31. The summed E-state index contributed by atoms with van der Waals surface area (Å²) in [6.45, 7) is 2.49. The number of likely N-dealkylation sites (tertiary alicyclic amines) is 1. The number of nitrogens with zero attached hydrogens (tertiary/aromatic N) is 1. The van der Waals surface area contributed by atoms with Gasteiger partial charge in [-0.05, 0) is 49.6 Å². The summed E-state index contributed by atoms with van der Waals surface area (Å²) in [5.74, 6) is 0.301. The zero-order valence-corrected chi connectivity index (χ0v) is 14.3. The van der Waals surface area contributed by atoms with Gasteiger partial charge in [0.1, 0.15) is 5.76 Å². The van der Waals surface area contributed by atoms with Crippen LogP contribution >= 0.6 is 0 Å². The van der Waals surface area contributed by atoms with Crippen LogP contribution in [0, 0.1) is 6.92 Å². The minimum Gasteiger partial charge on any atom is -0.467 e. The second-order valence-corrected chi connectivity index (χ2v) is 6.40. The molecule has 0 radical (unpaired) electrons. The Morgan fingerprint density at radius 2 is 2.08 bits per heavy atom. The zero-order chi connectivity index (χ0) is 17.8. The monoisotopic (exact) mass is 341 g/mol. The van der Waals surface area contributed by atoms with E-state index in [1.54, 1.807) is 24.5 Å². The van der Waals surface area contributed by atoms with Crippen LogP contribution in [0.4, 0.5) is 10.5 Å². The maximum absolute atomic E-state index is 12.8. The third-order valence-electron chi connectivity index (χ3n) is 4.64. The molecule has 3 amide bonds. The normalized spacial score (nSPS) is 17.8. The van der Waals surface area contributed by atoms with Crippen LogP contribution in [0.1, 0.15) is 53.4 Å². The van der Waals surface area contributed by atoms with Gasteiger partial charge in [0, 0.05) is 17.8 Å². The highest BCUT2D eigenvalue weighted by Gasteiger charge is 2.28. The Balaban J connectivity index is 1.81. The number of nitrogens with two attached hydrogens (primary N) is 1. The van der Waals surface area contributed by atoms with Crippen molar-refractivity contribution < 1.29 is 14.0 Å². The topological polar surface area (TPSA) is 88.6 Å². The van der Waals surface area contributed by atoms with Crippen LogP contribution < -0.4 is 11.1 Å². The summed E-state index contributed by atoms with van der Waals surface area (Å²) in [6.07, 6.45) is 5.63. The summed E-state index contributed by atoms with van der Waals surface area (Å²) in [7, 11) is 0. The Morgan fingerprint density at radius 3 is 2.80 bits per heavy atom. The molecule has 1 saturated heterocycles. The van der Waals surface area contributed by atoms with Crippen LogP contribution in [0.25, 0.3) is 0 Å². The molecule has 0 saturated carbocycles. The molecule has 0 bridgehead atoms. The summed E-state index contributed by atoms with van der Waals surface area (Å²) in [4.78, 5) is 26.2. The van der Waals surface area contributed by atoms with Crippen molar-refractivity contribution in [3.8, 4) is 0 Å². The van der Waals surface area contributed by atoms with Crippen molar-refractivity contribution in [2.45, 2.75) is 38.6 Å². The van der Waals surface area contributed by atoms with Crippen molar-refractivity contribution in [3.05, 3.63) is 53.5 Å². The molecule has 2 aromatic rings. The number of primary amides is 1. The second-order valence-electron chi connectivity index (χ2n) is 6.40. The number of urea groups is 1. The van der Waals surface area contributed by atoms with Crippen LogP contribution in [0.15, 0.2) is 41.0 Å². The number of hydrogen-bond donors (Lipinski definition) is 2. The van der Waals surface area contributed by atoms with Crippen LogP contribution in [-0.2, 0) is 0 Å². The molecular weight excluding hydrogens is 318 g/mol. The lowest BCUT2D eigenvalue weighted by Gasteiger charge is -2.28. The molecule has 1 aliphatic heterocycles. The van der Waals surface area contributed by atoms with Crippen LogP contribution in [0.3, 0.4) is 0 Å². The first kappa shape index (κ1) is 17.1. The maximum Gasteiger partial charge on any atom is 0.322 e. The summed E-state index contributed by atoms with van der Waals surface area (Å²) >= 11 is 0. The minimum absolute atomic E-state index is 0.0708. The molecule has 3 N–H and O–H groups in total. The number of aryl methyl sites for hydroxylation is 1. The standard InChI is InChI=1S/C19H23N3O3/c1-13-8-9-14(12-15(13)18(20)23)21-19(24)22-10-4-2-3-6-16(22)17-7-5-11-25-17/h5,7-9,11-12,16H,2-4,6,10H2,1H3,(H2,20,23)(H,21,24)/t16-/m1/s1. The van der Waals surface area contributed by atoms with Crippen molar-refractivity contribution in [1.29, 1.82) is 0 Å². The van der Waals surface area contributed by atoms with Gasteiger partial charge < -0.3 is 20.4 Å². The molecule has 6 heteroatoms. The van der Waals surface area contributed by atoms with Crippen LogP contribution in [0.2, 0.25) is 0 Å². The Bertz CT molecular complexity index is 755. The average molecular weight is 341 g/mol. The van der Waals surface area contributed by atoms with Gasteiger partial charge in [-0.1, -0.05) is 18.9 Å². The molecule has 132 valence electrons. The molecule has 0 unspecified atom stereocenters. The van der Waals surface area contributed by atoms with E-state index in [-0.39, 0.29) is 12.1 Å². The number of furan rings is 1. The smallest absolute Gasteiger partial charge is 0.322 e. The van der Waals surface area contributed by atoms with Gasteiger partial charge in [-0.3, -0.25) is 4.79 Å². The Kier molecular flexibility index (Phi) is 5.07. The van der Waals surface area contributed by atoms with Crippen LogP contribution in [0.5, 0.6) is 0 Å². The quantitative estimate of drug-likeness (QED) is 0.889. The minimum atomic E-state index is -0.503. The molecule has 25 heavy (non-hydrogen) atoms. The first-order chi connectivity index (χ1) is 12.1. The predicted octanol–water partition coefficient (Wildman–Crippen LogP) is 3.84. The van der Waals surface area contributed by atoms with E-state index in [4.69, 9.17) is 10.2 Å². The number of carbonyl (C=O) groups is 2. The van der Waals surface area contributed by atoms with E-state index in [1.807, 2.05) is 24.0 Å². The molecule has 0 aliphatic carbocycles. The van der Waals surface area contributed by atoms with Gasteiger partial charge >= 0.3 is 6.03 Å². The van der Waals surface area contributed by atoms with Crippen molar-refractivity contribution in [2.24, 2.45) is 5.73 Å². The van der Waals surface area contributed by atoms with Gasteiger partial charge in [0.25, 0.3) is 0 Å². The van der Waals surface area contributed by atoms with E-state index in [1.165, 1.54) is 0 Å². The number of nitrogens with one attached hydrogen (secondary N) is 1. The van der Waals surface area contributed by atoms with Gasteiger partial charge in [0.2, 0.25) is 5.91 Å². The highest BCUT2D eigenvalue weighted by molar-refractivity contribution is 5.97. The fourth-order valence-corrected chi connectivity index (χ4v) is 3.29. The summed E-state index contributed by atoms with van der Waals surface area (Å²) in [6, 6.07) is 8.67. The average Bonchev–Trinajstić information content (AvgIpc) is 3.00. The van der Waals surface area contributed by atoms with E-state index in [0.29, 0.717) is 17.8 Å². The summed E-state index contributed by atoms with van der Waals surface area (Å²) in [5, 5.41) is 2.89. The SMILES string of the molecule is Cc1ccc(NC(=O)N2CCCCC[C@@H]2c2ccco2)cc1C(N)=O. The van der Waals surface area contributed by atoms with Crippen molar-refractivity contribution in [2.75, 3.05) is 11.9 Å². The van der Waals surface area contributed by atoms with E-state index in [2.05, 4.69) is 5.32 Å². The zero-order valence-electron chi connectivity index (χ0n) is 14.3. The first-order valence-electron chi connectivity index (χ1n) is 8.58. The fourth-order valence-electron chi connectivity index (χ4n) is 3.29. The molecule has 6 nitrogen and oxygen atoms in total. The van der Waals surface area contributed by atoms with Crippen LogP contribution in [-0.4, -0.2) is 23.4 Å². The van der Waals surface area contributed by atoms with Gasteiger partial charge in [-0.15, -0.1) is 0 Å². The molecular formula is C19H23N3O3. The lowest BCUT2D eigenvalue weighted by Crippen LogP contribution is -2.38. The van der Waals surface area contributed by atoms with Gasteiger partial charge in [-0.25, -0.2) is 4.79 Å². The number of rotatable bonds is 3. The number of hydrogen-bond acceptors (Lipinski definition) is 3. The molecule has 3 rings (SSSR count). The van der Waals surface area contributed by atoms with Crippen molar-refractivity contribution in [1.82, 2.24) is 4.90 Å². The highest BCUT2D eigenvalue weighted by atomic mass is 16.3. The van der Waals surface area contributed by atoms with E-state index < -0.39 is 5.91 Å². The number of anilines is 1. The number of benzene rings is 1. The first-order valence-corrected chi connectivity index (χ1v) is 8.58. The van der Waals surface area contributed by atoms with Crippen molar-refractivity contribution in [3.63, 3.8) is 0 Å². The van der Waals surface area contributed by atoms with E-state index in [9.17, 15) is 9.59 Å². The lowest BCUT2D eigenvalue weighted by molar-refractivity contribution is 0.0999. The summed E-state index contributed by atoms with van der Waals surface area (Å²) < 4.78 is 5.54. The van der Waals surface area contributed by atoms with Gasteiger partial charge in [0.05, 0.1) is 12.3 Å². The number of carbonyl (C=O) groups excluding carboxylic acids is 2. The van der Waals surface area contributed by atoms with Crippen molar-refractivity contribution >= 4 is 17.6 Å². The Morgan fingerprint density at radius 1 is 1.24 bits per heavy atom. The van der Waals surface area contributed by atoms with E-state index >= 15 is 0 Å². The third-order valence-corrected chi connectivity index (χ3v) is 4.64. The molecule has 1 aromatic heterocycles. The summed E-state index contributed by atoms with van der Waals surface area (Å²) in [5.41, 5.74) is 7.15. The molecule has 1 aromatic carbocycles. The lowest BCUT2D eigenvalue weighted by atomic mass is 10.1. The fraction of sp³-hybridized carbons (Fsp3) is 0.368. The molecule has 1 atom stereocenters. The van der Waals surface area contributed by atoms with E-state index in [0.717, 1.165) is 37.0 Å². The largest absolute Gasteiger partial charge is 0.467 e. The Labute approximate surface area is 147 Å². The molecule has 2 heterocycles. The maximum atomic E-state index is 12.8. The Hall–Kier alpha value is -2.76. The third kappa shape index (κ3) is 3.84. The molecule has 1 fully saturated rings. The predicted molar refractivity (Wildman–Crippen MR) is 95.3 cm³/mol. The van der Waals surface area contributed by atoms with Gasteiger partial charge in [-0.2, -0.15) is 0 Å². The second kappa shape index (κ2) is 7.42.